The second-order valence-corrected chi connectivity index (χ2v) is 3.30. The van der Waals surface area contributed by atoms with Crippen molar-refractivity contribution >= 4 is 17.7 Å². The van der Waals surface area contributed by atoms with E-state index in [9.17, 15) is 9.59 Å². The van der Waals surface area contributed by atoms with Gasteiger partial charge in [0.15, 0.2) is 0 Å². The van der Waals surface area contributed by atoms with Crippen LogP contribution in [0.25, 0.3) is 0 Å². The minimum Gasteiger partial charge on any atom is -0.351 e. The molecule has 0 heterocycles. The van der Waals surface area contributed by atoms with Crippen LogP contribution >= 0.6 is 0 Å². The molecule has 1 rings (SSSR count). The quantitative estimate of drug-likeness (QED) is 0.726. The lowest BCUT2D eigenvalue weighted by Crippen LogP contribution is -2.44. The predicted molar refractivity (Wildman–Crippen MR) is 57.6 cm³/mol. The van der Waals surface area contributed by atoms with Gasteiger partial charge >= 0.3 is 12.1 Å². The van der Waals surface area contributed by atoms with Gasteiger partial charge in [0.2, 0.25) is 0 Å². The third kappa shape index (κ3) is 2.25. The van der Waals surface area contributed by atoms with Crippen LogP contribution < -0.4 is 16.4 Å². The first kappa shape index (κ1) is 11.0. The van der Waals surface area contributed by atoms with Crippen molar-refractivity contribution in [3.05, 3.63) is 29.3 Å². The van der Waals surface area contributed by atoms with Gasteiger partial charge in [-0.2, -0.15) is 0 Å². The number of benzene rings is 1. The van der Waals surface area contributed by atoms with Crippen molar-refractivity contribution < 1.29 is 9.59 Å². The van der Waals surface area contributed by atoms with Gasteiger partial charge in [-0.3, -0.25) is 0 Å². The number of rotatable bonds is 1. The zero-order chi connectivity index (χ0) is 11.6. The van der Waals surface area contributed by atoms with Crippen LogP contribution in [0.1, 0.15) is 11.1 Å². The molecule has 80 valence electrons. The molecule has 15 heavy (non-hydrogen) atoms. The number of amides is 4. The third-order valence-electron chi connectivity index (χ3n) is 2.03. The molecular formula is C10H13N3O2. The van der Waals surface area contributed by atoms with Crippen molar-refractivity contribution in [2.75, 3.05) is 4.90 Å². The van der Waals surface area contributed by atoms with Crippen molar-refractivity contribution in [3.8, 4) is 0 Å². The van der Waals surface area contributed by atoms with Crippen LogP contribution in [-0.4, -0.2) is 12.1 Å². The molecule has 0 aliphatic heterocycles. The monoisotopic (exact) mass is 207 g/mol. The number of primary amides is 2. The second-order valence-electron chi connectivity index (χ2n) is 3.30. The van der Waals surface area contributed by atoms with E-state index < -0.39 is 12.1 Å². The number of imide groups is 1. The maximum Gasteiger partial charge on any atom is 0.327 e. The maximum atomic E-state index is 11.0. The van der Waals surface area contributed by atoms with Gasteiger partial charge in [0, 0.05) is 0 Å². The van der Waals surface area contributed by atoms with Crippen molar-refractivity contribution in [1.29, 1.82) is 0 Å². The molecule has 0 radical (unpaired) electrons. The first-order valence-corrected chi connectivity index (χ1v) is 4.39. The molecule has 0 unspecified atom stereocenters. The summed E-state index contributed by atoms with van der Waals surface area (Å²) in [6.45, 7) is 3.69. The van der Waals surface area contributed by atoms with Crippen molar-refractivity contribution in [2.24, 2.45) is 11.5 Å². The van der Waals surface area contributed by atoms with Gasteiger partial charge in [-0.25, -0.2) is 14.5 Å². The van der Waals surface area contributed by atoms with Gasteiger partial charge in [0.05, 0.1) is 5.69 Å². The number of urea groups is 2. The van der Waals surface area contributed by atoms with Crippen LogP contribution in [0.15, 0.2) is 18.2 Å². The van der Waals surface area contributed by atoms with Crippen LogP contribution in [0.3, 0.4) is 0 Å². The van der Waals surface area contributed by atoms with Gasteiger partial charge < -0.3 is 11.5 Å². The van der Waals surface area contributed by atoms with Crippen molar-refractivity contribution in [3.63, 3.8) is 0 Å². The normalized spacial score (nSPS) is 9.73. The molecule has 0 bridgehead atoms. The topological polar surface area (TPSA) is 89.4 Å². The van der Waals surface area contributed by atoms with E-state index in [0.29, 0.717) is 5.69 Å². The Kier molecular flexibility index (Phi) is 2.94. The Morgan fingerprint density at radius 1 is 1.13 bits per heavy atom. The zero-order valence-corrected chi connectivity index (χ0v) is 8.65. The lowest BCUT2D eigenvalue weighted by molar-refractivity contribution is 0.243. The highest BCUT2D eigenvalue weighted by Gasteiger charge is 2.19. The summed E-state index contributed by atoms with van der Waals surface area (Å²) in [6.07, 6.45) is 0. The zero-order valence-electron chi connectivity index (χ0n) is 8.65. The average molecular weight is 207 g/mol. The van der Waals surface area contributed by atoms with E-state index in [1.54, 1.807) is 19.1 Å². The van der Waals surface area contributed by atoms with E-state index in [4.69, 9.17) is 11.5 Å². The lowest BCUT2D eigenvalue weighted by Gasteiger charge is -2.18. The smallest absolute Gasteiger partial charge is 0.327 e. The third-order valence-corrected chi connectivity index (χ3v) is 2.03. The molecule has 0 fully saturated rings. The highest BCUT2D eigenvalue weighted by molar-refractivity contribution is 6.12. The predicted octanol–water partition coefficient (Wildman–Crippen LogP) is 1.27. The first-order chi connectivity index (χ1) is 6.93. The van der Waals surface area contributed by atoms with Crippen LogP contribution in [0.5, 0.6) is 0 Å². The molecule has 1 aromatic carbocycles. The standard InChI is InChI=1S/C10H13N3O2/c1-6-3-4-8(7(2)5-6)13(9(11)14)10(12)15/h3-5H,1-2H3,(H2,11,14)(H2,12,15). The first-order valence-electron chi connectivity index (χ1n) is 4.39. The van der Waals surface area contributed by atoms with E-state index >= 15 is 0 Å². The van der Waals surface area contributed by atoms with Gasteiger partial charge in [-0.1, -0.05) is 17.7 Å². The number of nitrogens with two attached hydrogens (primary N) is 2. The van der Waals surface area contributed by atoms with Crippen LogP contribution in [-0.2, 0) is 0 Å². The molecule has 0 saturated carbocycles. The Hall–Kier alpha value is -2.04. The van der Waals surface area contributed by atoms with E-state index in [2.05, 4.69) is 0 Å². The van der Waals surface area contributed by atoms with E-state index in [0.717, 1.165) is 16.0 Å². The number of aryl methyl sites for hydroxylation is 2. The fourth-order valence-electron chi connectivity index (χ4n) is 1.40. The number of carbonyl (C=O) groups is 2. The number of hydrogen-bond acceptors (Lipinski definition) is 2. The number of anilines is 1. The summed E-state index contributed by atoms with van der Waals surface area (Å²) >= 11 is 0. The summed E-state index contributed by atoms with van der Waals surface area (Å²) in [6, 6.07) is 3.50. The molecule has 0 aliphatic rings. The van der Waals surface area contributed by atoms with Gasteiger partial charge in [-0.15, -0.1) is 0 Å². The Balaban J connectivity index is 3.23. The molecule has 4 N–H and O–H groups in total. The van der Waals surface area contributed by atoms with Gasteiger partial charge in [0.1, 0.15) is 0 Å². The summed E-state index contributed by atoms with van der Waals surface area (Å²) in [5.74, 6) is 0. The minimum absolute atomic E-state index is 0.417. The number of carbonyl (C=O) groups excluding carboxylic acids is 2. The molecule has 0 aromatic heterocycles. The van der Waals surface area contributed by atoms with E-state index in [-0.39, 0.29) is 0 Å². The van der Waals surface area contributed by atoms with Crippen molar-refractivity contribution in [2.45, 2.75) is 13.8 Å². The van der Waals surface area contributed by atoms with Crippen LogP contribution in [0.4, 0.5) is 15.3 Å². The van der Waals surface area contributed by atoms with Crippen molar-refractivity contribution in [1.82, 2.24) is 0 Å². The van der Waals surface area contributed by atoms with Gasteiger partial charge in [0.25, 0.3) is 0 Å². The summed E-state index contributed by atoms with van der Waals surface area (Å²) in [7, 11) is 0. The summed E-state index contributed by atoms with van der Waals surface area (Å²) in [5.41, 5.74) is 12.3. The van der Waals surface area contributed by atoms with E-state index in [1.165, 1.54) is 0 Å². The SMILES string of the molecule is Cc1ccc(N(C(N)=O)C(N)=O)c(C)c1. The number of hydrogen-bond donors (Lipinski definition) is 2. The fraction of sp³-hybridized carbons (Fsp3) is 0.200. The molecule has 0 aliphatic carbocycles. The molecule has 4 amide bonds. The Morgan fingerprint density at radius 3 is 2.07 bits per heavy atom. The summed E-state index contributed by atoms with van der Waals surface area (Å²) < 4.78 is 0. The largest absolute Gasteiger partial charge is 0.351 e. The number of nitrogens with zero attached hydrogens (tertiary/aromatic N) is 1. The summed E-state index contributed by atoms with van der Waals surface area (Å²) in [5, 5.41) is 0. The minimum atomic E-state index is -0.880. The molecular weight excluding hydrogens is 194 g/mol. The highest BCUT2D eigenvalue weighted by atomic mass is 16.2. The molecule has 1 aromatic rings. The van der Waals surface area contributed by atoms with Gasteiger partial charge in [-0.05, 0) is 25.5 Å². The Bertz CT molecular complexity index is 401. The molecule has 0 saturated heterocycles. The Morgan fingerprint density at radius 2 is 1.67 bits per heavy atom. The molecule has 5 heteroatoms. The second kappa shape index (κ2) is 4.00. The average Bonchev–Trinajstić information content (AvgIpc) is 2.08. The lowest BCUT2D eigenvalue weighted by atomic mass is 10.1. The molecule has 5 nitrogen and oxygen atoms in total. The summed E-state index contributed by atoms with van der Waals surface area (Å²) in [4.78, 5) is 22.8. The fourth-order valence-corrected chi connectivity index (χ4v) is 1.40. The van der Waals surface area contributed by atoms with Crippen LogP contribution in [0.2, 0.25) is 0 Å². The van der Waals surface area contributed by atoms with E-state index in [1.807, 2.05) is 13.0 Å². The maximum absolute atomic E-state index is 11.0. The Labute approximate surface area is 87.7 Å². The van der Waals surface area contributed by atoms with Crippen LogP contribution in [0, 0.1) is 13.8 Å². The highest BCUT2D eigenvalue weighted by Crippen LogP contribution is 2.20. The molecule has 0 atom stereocenters. The molecule has 0 spiro atoms.